The summed E-state index contributed by atoms with van der Waals surface area (Å²) in [4.78, 5) is 1.78. The molecule has 0 bridgehead atoms. The predicted molar refractivity (Wildman–Crippen MR) is 96.7 cm³/mol. The maximum Gasteiger partial charge on any atom is 0.264 e. The van der Waals surface area contributed by atoms with Crippen LogP contribution in [-0.2, 0) is 0 Å². The molecule has 5 heteroatoms. The number of thiocarbonyl (C=S) groups is 1. The summed E-state index contributed by atoms with van der Waals surface area (Å²) in [5.74, 6) is 0.763. The van der Waals surface area contributed by atoms with Gasteiger partial charge < -0.3 is 9.64 Å². The van der Waals surface area contributed by atoms with Crippen LogP contribution in [0, 0.1) is 6.92 Å². The van der Waals surface area contributed by atoms with Crippen molar-refractivity contribution in [3.63, 3.8) is 0 Å². The minimum atomic E-state index is 0.442. The molecule has 0 saturated carbocycles. The number of hydrogen-bond donors (Lipinski definition) is 0. The first-order chi connectivity index (χ1) is 10.6. The lowest BCUT2D eigenvalue weighted by Gasteiger charge is -2.17. The molecule has 0 fully saturated rings. The second kappa shape index (κ2) is 6.02. The Morgan fingerprint density at radius 2 is 1.86 bits per heavy atom. The van der Waals surface area contributed by atoms with Gasteiger partial charge in [0.2, 0.25) is 0 Å². The maximum absolute atomic E-state index is 5.91. The molecule has 1 heterocycles. The van der Waals surface area contributed by atoms with E-state index in [1.807, 2.05) is 32.4 Å². The average molecular weight is 328 g/mol. The summed E-state index contributed by atoms with van der Waals surface area (Å²) in [7, 11) is 3.75. The van der Waals surface area contributed by atoms with Crippen molar-refractivity contribution in [1.29, 1.82) is 0 Å². The van der Waals surface area contributed by atoms with Crippen LogP contribution in [0.15, 0.2) is 42.6 Å². The number of nitrogens with zero attached hydrogens (tertiary/aromatic N) is 2. The summed E-state index contributed by atoms with van der Waals surface area (Å²) in [5, 5.41) is 1.56. The molecular weight excluding hydrogens is 312 g/mol. The van der Waals surface area contributed by atoms with Crippen LogP contribution in [0.25, 0.3) is 21.2 Å². The normalized spacial score (nSPS) is 10.7. The van der Waals surface area contributed by atoms with E-state index in [0.29, 0.717) is 5.17 Å². The van der Waals surface area contributed by atoms with Crippen molar-refractivity contribution in [3.05, 3.63) is 48.2 Å². The van der Waals surface area contributed by atoms with Gasteiger partial charge in [0.1, 0.15) is 5.75 Å². The first-order valence-electron chi connectivity index (χ1n) is 6.90. The Morgan fingerprint density at radius 1 is 1.14 bits per heavy atom. The van der Waals surface area contributed by atoms with Crippen molar-refractivity contribution in [2.45, 2.75) is 6.92 Å². The lowest BCUT2D eigenvalue weighted by atomic mass is 10.0. The number of aryl methyl sites for hydroxylation is 1. The highest BCUT2D eigenvalue weighted by atomic mass is 32.1. The Hall–Kier alpha value is -1.98. The topological polar surface area (TPSA) is 25.4 Å². The van der Waals surface area contributed by atoms with Crippen LogP contribution in [0.5, 0.6) is 5.75 Å². The molecule has 0 N–H and O–H groups in total. The molecule has 3 aromatic rings. The minimum absolute atomic E-state index is 0.442. The van der Waals surface area contributed by atoms with Crippen molar-refractivity contribution in [2.24, 2.45) is 0 Å². The highest BCUT2D eigenvalue weighted by Gasteiger charge is 2.15. The number of ether oxygens (including phenoxy) is 1. The van der Waals surface area contributed by atoms with Gasteiger partial charge in [-0.3, -0.25) is 0 Å². The van der Waals surface area contributed by atoms with Crippen LogP contribution in [0.4, 0.5) is 0 Å². The first-order valence-corrected chi connectivity index (χ1v) is 8.08. The van der Waals surface area contributed by atoms with Crippen LogP contribution in [0.1, 0.15) is 5.56 Å². The Bertz CT molecular complexity index is 822. The summed E-state index contributed by atoms with van der Waals surface area (Å²) in [6.45, 7) is 2.08. The van der Waals surface area contributed by atoms with Gasteiger partial charge in [-0.15, -0.1) is 0 Å². The molecule has 22 heavy (non-hydrogen) atoms. The number of aromatic nitrogens is 1. The van der Waals surface area contributed by atoms with E-state index in [4.69, 9.17) is 17.0 Å². The van der Waals surface area contributed by atoms with Crippen molar-refractivity contribution < 1.29 is 4.74 Å². The SMILES string of the molecule is Cc1ccc(-c2c(OC(=S)N(C)C)ccc3cnsc23)cc1. The van der Waals surface area contributed by atoms with Gasteiger partial charge in [-0.1, -0.05) is 29.8 Å². The Kier molecular flexibility index (Phi) is 4.09. The van der Waals surface area contributed by atoms with Gasteiger partial charge in [-0.2, -0.15) is 4.37 Å². The molecule has 3 nitrogen and oxygen atoms in total. The van der Waals surface area contributed by atoms with Crippen molar-refractivity contribution in [2.75, 3.05) is 14.1 Å². The second-order valence-corrected chi connectivity index (χ2v) is 6.46. The molecule has 3 rings (SSSR count). The monoisotopic (exact) mass is 328 g/mol. The molecule has 0 saturated heterocycles. The molecule has 0 atom stereocenters. The number of hydrogen-bond acceptors (Lipinski definition) is 4. The smallest absolute Gasteiger partial charge is 0.264 e. The second-order valence-electron chi connectivity index (χ2n) is 5.31. The van der Waals surface area contributed by atoms with E-state index >= 15 is 0 Å². The highest BCUT2D eigenvalue weighted by molar-refractivity contribution is 7.80. The molecule has 112 valence electrons. The fraction of sp³-hybridized carbons (Fsp3) is 0.176. The Morgan fingerprint density at radius 3 is 2.55 bits per heavy atom. The standard InChI is InChI=1S/C17H16N2OS2/c1-11-4-6-12(7-5-11)15-14(20-17(21)19(2)3)9-8-13-10-18-22-16(13)15/h4-10H,1-3H3. The molecule has 0 amide bonds. The summed E-state index contributed by atoms with van der Waals surface area (Å²) in [6, 6.07) is 12.4. The lowest BCUT2D eigenvalue weighted by Crippen LogP contribution is -2.25. The van der Waals surface area contributed by atoms with E-state index in [2.05, 4.69) is 35.6 Å². The van der Waals surface area contributed by atoms with Crippen LogP contribution in [0.2, 0.25) is 0 Å². The molecule has 0 spiro atoms. The van der Waals surface area contributed by atoms with E-state index in [0.717, 1.165) is 27.0 Å². The largest absolute Gasteiger partial charge is 0.431 e. The van der Waals surface area contributed by atoms with E-state index in [9.17, 15) is 0 Å². The van der Waals surface area contributed by atoms with Crippen LogP contribution in [0.3, 0.4) is 0 Å². The third kappa shape index (κ3) is 2.82. The van der Waals surface area contributed by atoms with Crippen LogP contribution in [-0.4, -0.2) is 28.5 Å². The number of fused-ring (bicyclic) bond motifs is 1. The van der Waals surface area contributed by atoms with Gasteiger partial charge in [0.15, 0.2) is 0 Å². The molecule has 0 aliphatic heterocycles. The van der Waals surface area contributed by atoms with Crippen LogP contribution >= 0.6 is 23.8 Å². The zero-order valence-corrected chi connectivity index (χ0v) is 14.3. The van der Waals surface area contributed by atoms with Gasteiger partial charge >= 0.3 is 0 Å². The molecule has 0 aliphatic rings. The van der Waals surface area contributed by atoms with E-state index in [1.165, 1.54) is 17.1 Å². The van der Waals surface area contributed by atoms with E-state index < -0.39 is 0 Å². The summed E-state index contributed by atoms with van der Waals surface area (Å²) in [6.07, 6.45) is 1.88. The highest BCUT2D eigenvalue weighted by Crippen LogP contribution is 2.39. The molecule has 2 aromatic carbocycles. The number of rotatable bonds is 2. The fourth-order valence-electron chi connectivity index (χ4n) is 2.18. The van der Waals surface area contributed by atoms with E-state index in [1.54, 1.807) is 4.90 Å². The fourth-order valence-corrected chi connectivity index (χ4v) is 3.08. The molecule has 0 radical (unpaired) electrons. The number of benzene rings is 2. The third-order valence-electron chi connectivity index (χ3n) is 3.39. The van der Waals surface area contributed by atoms with E-state index in [-0.39, 0.29) is 0 Å². The van der Waals surface area contributed by atoms with Crippen molar-refractivity contribution >= 4 is 39.0 Å². The Balaban J connectivity index is 2.17. The van der Waals surface area contributed by atoms with Crippen LogP contribution < -0.4 is 4.74 Å². The maximum atomic E-state index is 5.91. The van der Waals surface area contributed by atoms with Crippen molar-refractivity contribution in [1.82, 2.24) is 9.27 Å². The quantitative estimate of drug-likeness (QED) is 0.647. The zero-order valence-electron chi connectivity index (χ0n) is 12.7. The van der Waals surface area contributed by atoms with Gasteiger partial charge in [0.05, 0.1) is 4.70 Å². The molecular formula is C17H16N2OS2. The van der Waals surface area contributed by atoms with Gasteiger partial charge in [0.25, 0.3) is 5.17 Å². The predicted octanol–water partition coefficient (Wildman–Crippen LogP) is 4.50. The molecule has 0 aliphatic carbocycles. The summed E-state index contributed by atoms with van der Waals surface area (Å²) >= 11 is 6.76. The summed E-state index contributed by atoms with van der Waals surface area (Å²) < 4.78 is 11.3. The molecule has 1 aromatic heterocycles. The minimum Gasteiger partial charge on any atom is -0.431 e. The van der Waals surface area contributed by atoms with Gasteiger partial charge in [-0.25, -0.2) is 0 Å². The zero-order chi connectivity index (χ0) is 15.7. The average Bonchev–Trinajstić information content (AvgIpc) is 2.96. The third-order valence-corrected chi connectivity index (χ3v) is 4.67. The Labute approximate surface area is 139 Å². The summed E-state index contributed by atoms with van der Waals surface area (Å²) in [5.41, 5.74) is 3.38. The van der Waals surface area contributed by atoms with Gasteiger partial charge in [-0.05, 0) is 48.4 Å². The van der Waals surface area contributed by atoms with Crippen molar-refractivity contribution in [3.8, 4) is 16.9 Å². The molecule has 0 unspecified atom stereocenters. The first kappa shape index (κ1) is 14.9. The lowest BCUT2D eigenvalue weighted by molar-refractivity contribution is 0.451. The van der Waals surface area contributed by atoms with Gasteiger partial charge in [0, 0.05) is 31.2 Å².